The Morgan fingerprint density at radius 3 is 2.96 bits per heavy atom. The number of rotatable bonds is 5. The fourth-order valence-electron chi connectivity index (χ4n) is 2.99. The van der Waals surface area contributed by atoms with E-state index >= 15 is 0 Å². The van der Waals surface area contributed by atoms with Gasteiger partial charge in [-0.3, -0.25) is 9.36 Å². The molecule has 27 heavy (non-hydrogen) atoms. The first-order valence-electron chi connectivity index (χ1n) is 8.74. The Morgan fingerprint density at radius 2 is 2.15 bits per heavy atom. The van der Waals surface area contributed by atoms with Crippen LogP contribution in [0.4, 0.5) is 0 Å². The van der Waals surface area contributed by atoms with E-state index in [4.69, 9.17) is 19.2 Å². The summed E-state index contributed by atoms with van der Waals surface area (Å²) in [5.41, 5.74) is 1.33. The highest BCUT2D eigenvalue weighted by Gasteiger charge is 2.18. The third-order valence-electron chi connectivity index (χ3n) is 4.43. The predicted molar refractivity (Wildman–Crippen MR) is 105 cm³/mol. The maximum absolute atomic E-state index is 13.2. The van der Waals surface area contributed by atoms with Crippen molar-refractivity contribution in [2.75, 3.05) is 26.3 Å². The lowest BCUT2D eigenvalue weighted by Crippen LogP contribution is -2.27. The molecule has 4 rings (SSSR count). The molecular formula is C20H20N2O4S. The van der Waals surface area contributed by atoms with Gasteiger partial charge in [0.15, 0.2) is 5.16 Å². The van der Waals surface area contributed by atoms with Gasteiger partial charge in [-0.05, 0) is 30.7 Å². The Morgan fingerprint density at radius 1 is 1.26 bits per heavy atom. The zero-order chi connectivity index (χ0) is 18.6. The third-order valence-corrected chi connectivity index (χ3v) is 5.50. The minimum Gasteiger partial charge on any atom is -0.497 e. The second-order valence-electron chi connectivity index (χ2n) is 6.17. The summed E-state index contributed by atoms with van der Waals surface area (Å²) < 4.78 is 17.8. The van der Waals surface area contributed by atoms with Gasteiger partial charge in [0.25, 0.3) is 5.56 Å². The molecule has 0 N–H and O–H groups in total. The smallest absolute Gasteiger partial charge is 0.266 e. The van der Waals surface area contributed by atoms with E-state index in [1.165, 1.54) is 11.8 Å². The van der Waals surface area contributed by atoms with Crippen molar-refractivity contribution in [2.45, 2.75) is 17.7 Å². The minimum absolute atomic E-state index is 0.0888. The number of thioether (sulfide) groups is 1. The van der Waals surface area contributed by atoms with E-state index < -0.39 is 0 Å². The van der Waals surface area contributed by atoms with Crippen LogP contribution in [0.1, 0.15) is 6.42 Å². The van der Waals surface area contributed by atoms with E-state index in [-0.39, 0.29) is 11.7 Å². The molecule has 0 bridgehead atoms. The summed E-state index contributed by atoms with van der Waals surface area (Å²) in [7, 11) is 1.61. The molecule has 1 aliphatic rings. The van der Waals surface area contributed by atoms with Gasteiger partial charge in [0.05, 0.1) is 36.4 Å². The second kappa shape index (κ2) is 8.12. The first-order valence-corrected chi connectivity index (χ1v) is 9.73. The molecule has 0 spiro atoms. The number of nitrogens with zero attached hydrogens (tertiary/aromatic N) is 2. The summed E-state index contributed by atoms with van der Waals surface area (Å²) in [4.78, 5) is 18.0. The molecule has 1 fully saturated rings. The maximum Gasteiger partial charge on any atom is 0.266 e. The van der Waals surface area contributed by atoms with E-state index in [9.17, 15) is 4.79 Å². The predicted octanol–water partition coefficient (Wildman–Crippen LogP) is 3.25. The minimum atomic E-state index is -0.0933. The first kappa shape index (κ1) is 18.0. The van der Waals surface area contributed by atoms with Gasteiger partial charge in [-0.25, -0.2) is 4.98 Å². The van der Waals surface area contributed by atoms with Crippen LogP contribution >= 0.6 is 11.8 Å². The van der Waals surface area contributed by atoms with E-state index in [0.717, 1.165) is 12.1 Å². The Balaban J connectivity index is 1.78. The fourth-order valence-corrected chi connectivity index (χ4v) is 4.06. The number of ether oxygens (including phenoxy) is 3. The molecule has 7 heteroatoms. The molecule has 0 amide bonds. The number of aromatic nitrogens is 2. The van der Waals surface area contributed by atoms with E-state index in [1.54, 1.807) is 17.7 Å². The monoisotopic (exact) mass is 384 g/mol. The lowest BCUT2D eigenvalue weighted by molar-refractivity contribution is -0.130. The second-order valence-corrected chi connectivity index (χ2v) is 7.16. The van der Waals surface area contributed by atoms with Crippen LogP contribution in [0, 0.1) is 0 Å². The number of para-hydroxylation sites is 1. The zero-order valence-electron chi connectivity index (χ0n) is 15.0. The van der Waals surface area contributed by atoms with Gasteiger partial charge < -0.3 is 14.2 Å². The molecule has 6 nitrogen and oxygen atoms in total. The van der Waals surface area contributed by atoms with Crippen molar-refractivity contribution in [1.82, 2.24) is 9.55 Å². The van der Waals surface area contributed by atoms with Crippen molar-refractivity contribution in [2.24, 2.45) is 0 Å². The highest BCUT2D eigenvalue weighted by atomic mass is 32.2. The van der Waals surface area contributed by atoms with Crippen molar-refractivity contribution in [1.29, 1.82) is 0 Å². The average molecular weight is 384 g/mol. The average Bonchev–Trinajstić information content (AvgIpc) is 2.73. The lowest BCUT2D eigenvalue weighted by atomic mass is 10.2. The van der Waals surface area contributed by atoms with Crippen molar-refractivity contribution in [3.05, 3.63) is 58.9 Å². The van der Waals surface area contributed by atoms with Gasteiger partial charge in [0.2, 0.25) is 0 Å². The van der Waals surface area contributed by atoms with Crippen molar-refractivity contribution in [3.63, 3.8) is 0 Å². The number of hydrogen-bond acceptors (Lipinski definition) is 6. The van der Waals surface area contributed by atoms with Gasteiger partial charge >= 0.3 is 0 Å². The van der Waals surface area contributed by atoms with E-state index in [2.05, 4.69) is 0 Å². The molecule has 140 valence electrons. The summed E-state index contributed by atoms with van der Waals surface area (Å²) in [6.45, 7) is 1.01. The van der Waals surface area contributed by atoms with Gasteiger partial charge in [0, 0.05) is 11.8 Å². The normalized spacial score (nSPS) is 17.1. The lowest BCUT2D eigenvalue weighted by Gasteiger charge is -2.22. The van der Waals surface area contributed by atoms with Crippen molar-refractivity contribution >= 4 is 22.7 Å². The van der Waals surface area contributed by atoms with Crippen LogP contribution in [0.25, 0.3) is 16.6 Å². The number of benzene rings is 2. The van der Waals surface area contributed by atoms with Crippen LogP contribution in [-0.4, -0.2) is 41.9 Å². The molecule has 0 unspecified atom stereocenters. The molecule has 2 aromatic carbocycles. The molecule has 1 aliphatic heterocycles. The van der Waals surface area contributed by atoms with Crippen LogP contribution in [0.3, 0.4) is 0 Å². The molecule has 1 saturated heterocycles. The standard InChI is InChI=1S/C20H20N2O4S/c1-24-15-6-4-5-14(11-15)22-19(23)17-7-2-3-8-18(17)21-20(22)27-12-16-9-10-25-13-26-16/h2-8,11,16H,9-10,12-13H2,1H3/t16-/m0/s1. The largest absolute Gasteiger partial charge is 0.497 e. The molecule has 1 aromatic heterocycles. The number of fused-ring (bicyclic) bond motifs is 1. The maximum atomic E-state index is 13.2. The third kappa shape index (κ3) is 3.85. The SMILES string of the molecule is COc1cccc(-n2c(SC[C@@H]3CCOCO3)nc3ccccc3c2=O)c1. The van der Waals surface area contributed by atoms with Gasteiger partial charge in [-0.2, -0.15) is 0 Å². The van der Waals surface area contributed by atoms with Crippen LogP contribution in [0.15, 0.2) is 58.5 Å². The van der Waals surface area contributed by atoms with Gasteiger partial charge in [-0.1, -0.05) is 30.0 Å². The van der Waals surface area contributed by atoms with Crippen LogP contribution in [-0.2, 0) is 9.47 Å². The van der Waals surface area contributed by atoms with Crippen LogP contribution in [0.2, 0.25) is 0 Å². The Labute approximate surface area is 161 Å². The molecule has 0 radical (unpaired) electrons. The summed E-state index contributed by atoms with van der Waals surface area (Å²) >= 11 is 1.52. The van der Waals surface area contributed by atoms with Crippen molar-refractivity contribution < 1.29 is 14.2 Å². The molecular weight excluding hydrogens is 364 g/mol. The summed E-state index contributed by atoms with van der Waals surface area (Å²) in [5, 5.41) is 1.23. The van der Waals surface area contributed by atoms with E-state index in [1.807, 2.05) is 42.5 Å². The number of methoxy groups -OCH3 is 1. The van der Waals surface area contributed by atoms with Gasteiger partial charge in [0.1, 0.15) is 12.5 Å². The molecule has 1 atom stereocenters. The quantitative estimate of drug-likeness (QED) is 0.497. The number of hydrogen-bond donors (Lipinski definition) is 0. The highest BCUT2D eigenvalue weighted by molar-refractivity contribution is 7.99. The molecule has 0 saturated carbocycles. The van der Waals surface area contributed by atoms with Crippen LogP contribution in [0.5, 0.6) is 5.75 Å². The van der Waals surface area contributed by atoms with Crippen molar-refractivity contribution in [3.8, 4) is 11.4 Å². The highest BCUT2D eigenvalue weighted by Crippen LogP contribution is 2.25. The zero-order valence-corrected chi connectivity index (χ0v) is 15.8. The van der Waals surface area contributed by atoms with Crippen LogP contribution < -0.4 is 10.3 Å². The first-order chi connectivity index (χ1) is 13.3. The Hall–Kier alpha value is -2.35. The topological polar surface area (TPSA) is 62.6 Å². The molecule has 0 aliphatic carbocycles. The summed E-state index contributed by atoms with van der Waals surface area (Å²) in [6, 6.07) is 14.9. The van der Waals surface area contributed by atoms with E-state index in [0.29, 0.717) is 41.0 Å². The molecule has 2 heterocycles. The summed E-state index contributed by atoms with van der Waals surface area (Å²) in [6.07, 6.45) is 0.926. The van der Waals surface area contributed by atoms with Gasteiger partial charge in [-0.15, -0.1) is 0 Å². The Bertz CT molecular complexity index is 999. The summed E-state index contributed by atoms with van der Waals surface area (Å²) in [5.74, 6) is 1.40. The fraction of sp³-hybridized carbons (Fsp3) is 0.300. The Kier molecular flexibility index (Phi) is 5.42. The molecule has 3 aromatic rings.